The molecule has 3 rings (SSSR count). The van der Waals surface area contributed by atoms with E-state index in [0.717, 1.165) is 0 Å². The molecule has 2 aromatic carbocycles. The molecule has 1 aromatic heterocycles. The molecule has 0 saturated heterocycles. The maximum Gasteiger partial charge on any atom is 0.272 e. The second kappa shape index (κ2) is 4.98. The first kappa shape index (κ1) is 12.7. The van der Waals surface area contributed by atoms with Gasteiger partial charge in [-0.05, 0) is 48.5 Å². The minimum absolute atomic E-state index is 0.288. The lowest BCUT2D eigenvalue weighted by atomic mass is 10.2. The quantitative estimate of drug-likeness (QED) is 0.729. The first-order valence-electron chi connectivity index (χ1n) is 5.97. The Morgan fingerprint density at radius 3 is 2.60 bits per heavy atom. The molecule has 0 spiro atoms. The summed E-state index contributed by atoms with van der Waals surface area (Å²) in [6.07, 6.45) is 0. The Hall–Kier alpha value is -2.33. The van der Waals surface area contributed by atoms with Crippen LogP contribution in [0, 0.1) is 5.82 Å². The first-order chi connectivity index (χ1) is 9.61. The lowest BCUT2D eigenvalue weighted by molar-refractivity contribution is 0.102. The van der Waals surface area contributed by atoms with E-state index in [2.05, 4.69) is 10.3 Å². The number of anilines is 1. The highest BCUT2D eigenvalue weighted by Gasteiger charge is 2.10. The molecule has 0 fully saturated rings. The third kappa shape index (κ3) is 2.51. The molecule has 0 aliphatic heterocycles. The van der Waals surface area contributed by atoms with Crippen molar-refractivity contribution in [2.45, 2.75) is 0 Å². The summed E-state index contributed by atoms with van der Waals surface area (Å²) in [6.45, 7) is 0. The Labute approximate surface area is 119 Å². The Kier molecular flexibility index (Phi) is 3.16. The number of aromatic nitrogens is 1. The Bertz CT molecular complexity index is 780. The van der Waals surface area contributed by atoms with Gasteiger partial charge in [0.2, 0.25) is 0 Å². The molecule has 0 atom stereocenters. The average molecular weight is 289 g/mol. The highest BCUT2D eigenvalue weighted by molar-refractivity contribution is 6.30. The molecular formula is C15H10ClFN2O. The molecular weight excluding hydrogens is 279 g/mol. The monoisotopic (exact) mass is 288 g/mol. The van der Waals surface area contributed by atoms with Crippen molar-refractivity contribution in [2.75, 3.05) is 5.32 Å². The molecule has 1 heterocycles. The van der Waals surface area contributed by atoms with Crippen LogP contribution in [0.3, 0.4) is 0 Å². The van der Waals surface area contributed by atoms with Crippen LogP contribution in [-0.4, -0.2) is 10.9 Å². The number of nitrogens with one attached hydrogen (secondary N) is 2. The summed E-state index contributed by atoms with van der Waals surface area (Å²) in [7, 11) is 0. The van der Waals surface area contributed by atoms with Crippen LogP contribution in [0.2, 0.25) is 5.02 Å². The number of fused-ring (bicyclic) bond motifs is 1. The minimum Gasteiger partial charge on any atom is -0.351 e. The van der Waals surface area contributed by atoms with Crippen LogP contribution in [0.4, 0.5) is 10.1 Å². The van der Waals surface area contributed by atoms with Crippen LogP contribution in [-0.2, 0) is 0 Å². The second-order valence-corrected chi connectivity index (χ2v) is 4.81. The van der Waals surface area contributed by atoms with E-state index >= 15 is 0 Å². The molecule has 0 aliphatic rings. The van der Waals surface area contributed by atoms with Gasteiger partial charge in [-0.3, -0.25) is 4.79 Å². The van der Waals surface area contributed by atoms with Crippen molar-refractivity contribution in [3.05, 3.63) is 65.1 Å². The van der Waals surface area contributed by atoms with Gasteiger partial charge in [0.1, 0.15) is 11.5 Å². The normalized spacial score (nSPS) is 10.7. The number of H-pyrrole nitrogens is 1. The van der Waals surface area contributed by atoms with Gasteiger partial charge in [-0.1, -0.05) is 11.6 Å². The van der Waals surface area contributed by atoms with Gasteiger partial charge in [0.15, 0.2) is 0 Å². The van der Waals surface area contributed by atoms with Crippen molar-refractivity contribution >= 4 is 34.1 Å². The number of hydrogen-bond donors (Lipinski definition) is 2. The van der Waals surface area contributed by atoms with Gasteiger partial charge in [-0.2, -0.15) is 0 Å². The summed E-state index contributed by atoms with van der Waals surface area (Å²) >= 11 is 5.78. The van der Waals surface area contributed by atoms with Gasteiger partial charge in [-0.15, -0.1) is 0 Å². The van der Waals surface area contributed by atoms with E-state index < -0.39 is 0 Å². The lowest BCUT2D eigenvalue weighted by Gasteiger charge is -2.03. The number of carbonyl (C=O) groups is 1. The molecule has 0 unspecified atom stereocenters. The SMILES string of the molecule is O=C(Nc1ccc(Cl)cc1)c1cc2cc(F)ccc2[nH]1. The molecule has 20 heavy (non-hydrogen) atoms. The zero-order valence-electron chi connectivity index (χ0n) is 10.3. The maximum absolute atomic E-state index is 13.1. The molecule has 1 amide bonds. The fourth-order valence-electron chi connectivity index (χ4n) is 1.96. The largest absolute Gasteiger partial charge is 0.351 e. The molecule has 0 aliphatic carbocycles. The van der Waals surface area contributed by atoms with Crippen molar-refractivity contribution in [1.29, 1.82) is 0 Å². The third-order valence-corrected chi connectivity index (χ3v) is 3.18. The maximum atomic E-state index is 13.1. The molecule has 100 valence electrons. The van der Waals surface area contributed by atoms with Crippen molar-refractivity contribution in [2.24, 2.45) is 0 Å². The Morgan fingerprint density at radius 1 is 1.10 bits per heavy atom. The molecule has 3 nitrogen and oxygen atoms in total. The van der Waals surface area contributed by atoms with Crippen LogP contribution in [0.15, 0.2) is 48.5 Å². The topological polar surface area (TPSA) is 44.9 Å². The number of halogens is 2. The predicted octanol–water partition coefficient (Wildman–Crippen LogP) is 4.21. The second-order valence-electron chi connectivity index (χ2n) is 4.38. The molecule has 2 N–H and O–H groups in total. The zero-order valence-corrected chi connectivity index (χ0v) is 11.0. The van der Waals surface area contributed by atoms with Crippen molar-refractivity contribution in [3.8, 4) is 0 Å². The number of amides is 1. The molecule has 5 heteroatoms. The number of carbonyl (C=O) groups excluding carboxylic acids is 1. The van der Waals surface area contributed by atoms with Crippen molar-refractivity contribution < 1.29 is 9.18 Å². The first-order valence-corrected chi connectivity index (χ1v) is 6.35. The minimum atomic E-state index is -0.332. The molecule has 3 aromatic rings. The smallest absolute Gasteiger partial charge is 0.272 e. The van der Waals surface area contributed by atoms with Gasteiger partial charge >= 0.3 is 0 Å². The van der Waals surface area contributed by atoms with E-state index in [-0.39, 0.29) is 11.7 Å². The summed E-state index contributed by atoms with van der Waals surface area (Å²) < 4.78 is 13.1. The van der Waals surface area contributed by atoms with Gasteiger partial charge < -0.3 is 10.3 Å². The van der Waals surface area contributed by atoms with Crippen LogP contribution in [0.25, 0.3) is 10.9 Å². The van der Waals surface area contributed by atoms with Crippen LogP contribution < -0.4 is 5.32 Å². The average Bonchev–Trinajstić information content (AvgIpc) is 2.84. The third-order valence-electron chi connectivity index (χ3n) is 2.93. The summed E-state index contributed by atoms with van der Waals surface area (Å²) in [6, 6.07) is 12.7. The van der Waals surface area contributed by atoms with Gasteiger partial charge in [0, 0.05) is 21.6 Å². The fourth-order valence-corrected chi connectivity index (χ4v) is 2.08. The summed E-state index contributed by atoms with van der Waals surface area (Å²) in [5.74, 6) is -0.620. The molecule has 0 radical (unpaired) electrons. The fraction of sp³-hybridized carbons (Fsp3) is 0. The van der Waals surface area contributed by atoms with E-state index in [1.807, 2.05) is 0 Å². The van der Waals surface area contributed by atoms with E-state index in [1.54, 1.807) is 36.4 Å². The van der Waals surface area contributed by atoms with Crippen molar-refractivity contribution in [1.82, 2.24) is 4.98 Å². The van der Waals surface area contributed by atoms with E-state index in [1.165, 1.54) is 12.1 Å². The number of hydrogen-bond acceptors (Lipinski definition) is 1. The van der Waals surface area contributed by atoms with Crippen molar-refractivity contribution in [3.63, 3.8) is 0 Å². The summed E-state index contributed by atoms with van der Waals surface area (Å²) in [4.78, 5) is 15.0. The van der Waals surface area contributed by atoms with Crippen LogP contribution in [0.5, 0.6) is 0 Å². The van der Waals surface area contributed by atoms with Gasteiger partial charge in [-0.25, -0.2) is 4.39 Å². The number of aromatic amines is 1. The van der Waals surface area contributed by atoms with Gasteiger partial charge in [0.05, 0.1) is 0 Å². The number of benzene rings is 2. The molecule has 0 saturated carbocycles. The number of rotatable bonds is 2. The van der Waals surface area contributed by atoms with E-state index in [0.29, 0.717) is 27.3 Å². The van der Waals surface area contributed by atoms with Crippen LogP contribution >= 0.6 is 11.6 Å². The zero-order chi connectivity index (χ0) is 14.1. The lowest BCUT2D eigenvalue weighted by Crippen LogP contribution is -2.11. The predicted molar refractivity (Wildman–Crippen MR) is 77.7 cm³/mol. The standard InChI is InChI=1S/C15H10ClFN2O/c16-10-1-4-12(5-2-10)18-15(20)14-8-9-7-11(17)3-6-13(9)19-14/h1-8,19H,(H,18,20). The van der Waals surface area contributed by atoms with E-state index in [4.69, 9.17) is 11.6 Å². The summed E-state index contributed by atoms with van der Waals surface area (Å²) in [5, 5.41) is 4.00. The van der Waals surface area contributed by atoms with Crippen LogP contribution in [0.1, 0.15) is 10.5 Å². The van der Waals surface area contributed by atoms with E-state index in [9.17, 15) is 9.18 Å². The van der Waals surface area contributed by atoms with Gasteiger partial charge in [0.25, 0.3) is 5.91 Å². The highest BCUT2D eigenvalue weighted by Crippen LogP contribution is 2.18. The Morgan fingerprint density at radius 2 is 1.85 bits per heavy atom. The Balaban J connectivity index is 1.86. The summed E-state index contributed by atoms with van der Waals surface area (Å²) in [5.41, 5.74) is 1.73. The molecule has 0 bridgehead atoms. The highest BCUT2D eigenvalue weighted by atomic mass is 35.5.